The zero-order valence-corrected chi connectivity index (χ0v) is 17.2. The molecular formula is C22H33ClO2. The van der Waals surface area contributed by atoms with Crippen molar-refractivity contribution in [3.63, 3.8) is 0 Å². The largest absolute Gasteiger partial charge is 0.381 e. The summed E-state index contributed by atoms with van der Waals surface area (Å²) in [5, 5.41) is 21.5. The van der Waals surface area contributed by atoms with Gasteiger partial charge in [0.25, 0.3) is 0 Å². The van der Waals surface area contributed by atoms with Crippen LogP contribution in [0, 0.1) is 17.8 Å². The molecular weight excluding hydrogens is 332 g/mol. The predicted molar refractivity (Wildman–Crippen MR) is 107 cm³/mol. The molecule has 0 bridgehead atoms. The highest BCUT2D eigenvalue weighted by Gasteiger charge is 2.39. The van der Waals surface area contributed by atoms with Gasteiger partial charge in [-0.1, -0.05) is 49.3 Å². The molecule has 2 aliphatic carbocycles. The van der Waals surface area contributed by atoms with Gasteiger partial charge in [0.1, 0.15) is 11.2 Å². The summed E-state index contributed by atoms with van der Waals surface area (Å²) in [6, 6.07) is 0. The minimum absolute atomic E-state index is 0.203. The molecule has 0 heterocycles. The van der Waals surface area contributed by atoms with Crippen molar-refractivity contribution >= 4 is 11.6 Å². The minimum atomic E-state index is -0.830. The standard InChI is InChI=1S/C22H33ClO2/c1-7-21(24)11-9-18(14(3)16(21)5)20(13-23)19-10-12-22(25,8-2)17(6)15(19)4/h9-12,18-20,24-25H,7-8,13H2,1-6H3. The monoisotopic (exact) mass is 364 g/mol. The van der Waals surface area contributed by atoms with Gasteiger partial charge in [0, 0.05) is 17.7 Å². The SMILES string of the molecule is CCC1(O)C=CC(C(CCl)C2C=CC(O)(CC)C(C)=C2C)C(C)=C1C. The number of hydrogen-bond donors (Lipinski definition) is 2. The first-order chi connectivity index (χ1) is 11.6. The Kier molecular flexibility index (Phi) is 6.08. The van der Waals surface area contributed by atoms with Crippen molar-refractivity contribution < 1.29 is 10.2 Å². The molecule has 0 amide bonds. The Hall–Kier alpha value is -0.830. The highest BCUT2D eigenvalue weighted by Crippen LogP contribution is 2.44. The van der Waals surface area contributed by atoms with Gasteiger partial charge in [-0.25, -0.2) is 0 Å². The summed E-state index contributed by atoms with van der Waals surface area (Å²) < 4.78 is 0. The topological polar surface area (TPSA) is 40.5 Å². The minimum Gasteiger partial charge on any atom is -0.381 e. The Balaban J connectivity index is 2.40. The Morgan fingerprint density at radius 2 is 1.24 bits per heavy atom. The highest BCUT2D eigenvalue weighted by atomic mass is 35.5. The van der Waals surface area contributed by atoms with Crippen LogP contribution in [0.5, 0.6) is 0 Å². The van der Waals surface area contributed by atoms with Gasteiger partial charge in [-0.15, -0.1) is 11.6 Å². The first kappa shape index (κ1) is 20.5. The van der Waals surface area contributed by atoms with E-state index in [1.165, 1.54) is 11.1 Å². The second-order valence-electron chi connectivity index (χ2n) is 7.76. The average Bonchev–Trinajstić information content (AvgIpc) is 2.61. The molecule has 140 valence electrons. The third kappa shape index (κ3) is 3.41. The zero-order chi connectivity index (χ0) is 19.0. The lowest BCUT2D eigenvalue weighted by Crippen LogP contribution is -2.37. The van der Waals surface area contributed by atoms with Gasteiger partial charge < -0.3 is 10.2 Å². The van der Waals surface area contributed by atoms with E-state index in [2.05, 4.69) is 26.0 Å². The fraction of sp³-hybridized carbons (Fsp3) is 0.636. The number of hydrogen-bond acceptors (Lipinski definition) is 2. The lowest BCUT2D eigenvalue weighted by atomic mass is 9.67. The van der Waals surface area contributed by atoms with Crippen LogP contribution in [-0.2, 0) is 0 Å². The highest BCUT2D eigenvalue weighted by molar-refractivity contribution is 6.18. The molecule has 2 nitrogen and oxygen atoms in total. The van der Waals surface area contributed by atoms with Crippen molar-refractivity contribution in [2.75, 3.05) is 5.88 Å². The second kappa shape index (κ2) is 7.42. The fourth-order valence-electron chi connectivity index (χ4n) is 4.36. The first-order valence-corrected chi connectivity index (χ1v) is 9.93. The maximum absolute atomic E-state index is 10.8. The van der Waals surface area contributed by atoms with E-state index < -0.39 is 11.2 Å². The summed E-state index contributed by atoms with van der Waals surface area (Å²) in [6.07, 6.45) is 9.51. The molecule has 2 N–H and O–H groups in total. The molecule has 0 aromatic rings. The van der Waals surface area contributed by atoms with Gasteiger partial charge in [0.05, 0.1) is 0 Å². The van der Waals surface area contributed by atoms with Crippen LogP contribution in [0.15, 0.2) is 46.6 Å². The maximum Gasteiger partial charge on any atom is 0.103 e. The molecule has 2 aliphatic rings. The van der Waals surface area contributed by atoms with Gasteiger partial charge in [-0.2, -0.15) is 0 Å². The molecule has 0 aromatic carbocycles. The summed E-state index contributed by atoms with van der Waals surface area (Å²) >= 11 is 6.43. The third-order valence-corrected chi connectivity index (χ3v) is 7.18. The predicted octanol–water partition coefficient (Wildman–Crippen LogP) is 5.17. The van der Waals surface area contributed by atoms with E-state index in [1.807, 2.05) is 39.8 Å². The number of alkyl halides is 1. The third-order valence-electron chi connectivity index (χ3n) is 6.82. The number of allylic oxidation sites excluding steroid dienone is 4. The van der Waals surface area contributed by atoms with Gasteiger partial charge >= 0.3 is 0 Å². The Bertz CT molecular complexity index is 588. The molecule has 0 saturated carbocycles. The van der Waals surface area contributed by atoms with E-state index >= 15 is 0 Å². The molecule has 2 rings (SSSR count). The Labute approximate surface area is 158 Å². The van der Waals surface area contributed by atoms with E-state index in [-0.39, 0.29) is 17.8 Å². The molecule has 4 unspecified atom stereocenters. The van der Waals surface area contributed by atoms with Crippen LogP contribution in [0.3, 0.4) is 0 Å². The lowest BCUT2D eigenvalue weighted by molar-refractivity contribution is 0.116. The molecule has 0 fully saturated rings. The van der Waals surface area contributed by atoms with E-state index in [4.69, 9.17) is 11.6 Å². The molecule has 0 aliphatic heterocycles. The number of halogens is 1. The number of rotatable bonds is 5. The van der Waals surface area contributed by atoms with Gasteiger partial charge in [-0.3, -0.25) is 0 Å². The molecule has 4 atom stereocenters. The van der Waals surface area contributed by atoms with Crippen molar-refractivity contribution in [2.45, 2.75) is 65.6 Å². The second-order valence-corrected chi connectivity index (χ2v) is 8.07. The molecule has 0 spiro atoms. The Morgan fingerprint density at radius 3 is 1.52 bits per heavy atom. The van der Waals surface area contributed by atoms with E-state index in [0.717, 1.165) is 11.1 Å². The van der Waals surface area contributed by atoms with Crippen molar-refractivity contribution in [3.8, 4) is 0 Å². The quantitative estimate of drug-likeness (QED) is 0.522. The van der Waals surface area contributed by atoms with Gasteiger partial charge in [0.15, 0.2) is 0 Å². The zero-order valence-electron chi connectivity index (χ0n) is 16.4. The molecule has 0 aromatic heterocycles. The summed E-state index contributed by atoms with van der Waals surface area (Å²) in [5.41, 5.74) is 2.86. The molecule has 25 heavy (non-hydrogen) atoms. The van der Waals surface area contributed by atoms with Crippen LogP contribution in [0.4, 0.5) is 0 Å². The fourth-order valence-corrected chi connectivity index (χ4v) is 4.74. The van der Waals surface area contributed by atoms with Crippen molar-refractivity contribution in [2.24, 2.45) is 17.8 Å². The summed E-state index contributed by atoms with van der Waals surface area (Å²) in [7, 11) is 0. The summed E-state index contributed by atoms with van der Waals surface area (Å²) in [5.74, 6) is 1.15. The maximum atomic E-state index is 10.8. The molecule has 0 radical (unpaired) electrons. The van der Waals surface area contributed by atoms with Crippen LogP contribution < -0.4 is 0 Å². The first-order valence-electron chi connectivity index (χ1n) is 9.40. The molecule has 3 heteroatoms. The summed E-state index contributed by atoms with van der Waals surface area (Å²) in [6.45, 7) is 12.3. The smallest absolute Gasteiger partial charge is 0.103 e. The van der Waals surface area contributed by atoms with Gasteiger partial charge in [0.2, 0.25) is 0 Å². The summed E-state index contributed by atoms with van der Waals surface area (Å²) in [4.78, 5) is 0. The van der Waals surface area contributed by atoms with Crippen LogP contribution in [-0.4, -0.2) is 27.3 Å². The number of aliphatic hydroxyl groups is 2. The van der Waals surface area contributed by atoms with Gasteiger partial charge in [-0.05, 0) is 57.6 Å². The van der Waals surface area contributed by atoms with Crippen molar-refractivity contribution in [1.82, 2.24) is 0 Å². The average molecular weight is 365 g/mol. The van der Waals surface area contributed by atoms with E-state index in [1.54, 1.807) is 0 Å². The van der Waals surface area contributed by atoms with E-state index in [9.17, 15) is 10.2 Å². The van der Waals surface area contributed by atoms with Crippen LogP contribution >= 0.6 is 11.6 Å². The Morgan fingerprint density at radius 1 is 0.880 bits per heavy atom. The van der Waals surface area contributed by atoms with Crippen molar-refractivity contribution in [3.05, 3.63) is 46.6 Å². The van der Waals surface area contributed by atoms with Crippen LogP contribution in [0.25, 0.3) is 0 Å². The van der Waals surface area contributed by atoms with Crippen LogP contribution in [0.2, 0.25) is 0 Å². The lowest BCUT2D eigenvalue weighted by Gasteiger charge is -2.41. The normalized spacial score (nSPS) is 37.0. The van der Waals surface area contributed by atoms with Crippen LogP contribution in [0.1, 0.15) is 54.4 Å². The molecule has 0 saturated heterocycles. The van der Waals surface area contributed by atoms with E-state index in [0.29, 0.717) is 18.7 Å². The van der Waals surface area contributed by atoms with Crippen molar-refractivity contribution in [1.29, 1.82) is 0 Å².